The van der Waals surface area contributed by atoms with Crippen molar-refractivity contribution in [2.24, 2.45) is 0 Å². The first-order chi connectivity index (χ1) is 12.4. The average molecular weight is 358 g/mol. The van der Waals surface area contributed by atoms with Gasteiger partial charge in [0.2, 0.25) is 0 Å². The van der Waals surface area contributed by atoms with E-state index in [9.17, 15) is 14.9 Å². The maximum absolute atomic E-state index is 12.8. The molecule has 0 unspecified atom stereocenters. The molecular weight excluding hydrogens is 332 g/mol. The summed E-state index contributed by atoms with van der Waals surface area (Å²) in [5.41, 5.74) is 0.0862. The van der Waals surface area contributed by atoms with E-state index in [4.69, 9.17) is 4.74 Å². The molecule has 0 saturated heterocycles. The second-order valence-electron chi connectivity index (χ2n) is 6.76. The summed E-state index contributed by atoms with van der Waals surface area (Å²) < 4.78 is 10.4. The van der Waals surface area contributed by atoms with Gasteiger partial charge in [0.05, 0.1) is 19.6 Å². The summed E-state index contributed by atoms with van der Waals surface area (Å²) in [6.45, 7) is 1.69. The lowest BCUT2D eigenvalue weighted by Crippen LogP contribution is -2.53. The fourth-order valence-electron chi connectivity index (χ4n) is 3.32. The summed E-state index contributed by atoms with van der Waals surface area (Å²) in [7, 11) is 3.04. The number of rotatable bonds is 6. The van der Waals surface area contributed by atoms with Gasteiger partial charge in [-0.3, -0.25) is 9.59 Å². The molecule has 6 nitrogen and oxygen atoms in total. The Bertz CT molecular complexity index is 672. The second-order valence-corrected chi connectivity index (χ2v) is 6.76. The summed E-state index contributed by atoms with van der Waals surface area (Å²) in [6, 6.07) is 9.34. The number of carbonyl (C=O) groups excluding carboxylic acids is 2. The van der Waals surface area contributed by atoms with Crippen molar-refractivity contribution in [1.82, 2.24) is 4.90 Å². The Kier molecular flexibility index (Phi) is 6.62. The van der Waals surface area contributed by atoms with E-state index in [1.54, 1.807) is 43.1 Å². The highest BCUT2D eigenvalue weighted by Gasteiger charge is 2.40. The zero-order valence-corrected chi connectivity index (χ0v) is 15.7. The number of hydrogen-bond donors (Lipinski definition) is 0. The first kappa shape index (κ1) is 19.8. The number of hydrogen-bond acceptors (Lipinski definition) is 5. The van der Waals surface area contributed by atoms with Gasteiger partial charge in [-0.05, 0) is 37.5 Å². The van der Waals surface area contributed by atoms with Gasteiger partial charge in [0.15, 0.2) is 6.10 Å². The number of carbonyl (C=O) groups is 2. The Labute approximate surface area is 154 Å². The molecule has 6 heteroatoms. The van der Waals surface area contributed by atoms with Crippen LogP contribution in [0.3, 0.4) is 0 Å². The van der Waals surface area contributed by atoms with E-state index in [-0.39, 0.29) is 18.3 Å². The molecule has 1 aromatic rings. The zero-order chi connectivity index (χ0) is 19.2. The lowest BCUT2D eigenvalue weighted by Gasteiger charge is -2.40. The fourth-order valence-corrected chi connectivity index (χ4v) is 3.32. The maximum atomic E-state index is 12.8. The quantitative estimate of drug-likeness (QED) is 0.731. The highest BCUT2D eigenvalue weighted by atomic mass is 16.5. The standard InChI is InChI=1S/C20H26N2O4/c1-15(19(24)22(2)20(14-21)11-5-4-6-12-20)26-17-9-7-16(8-10-17)13-18(23)25-3/h7-10,15H,4-6,11-13H2,1-3H3/t15-/m0/s1. The molecule has 1 aliphatic rings. The summed E-state index contributed by atoms with van der Waals surface area (Å²) in [5, 5.41) is 9.63. The van der Waals surface area contributed by atoms with Gasteiger partial charge >= 0.3 is 5.97 Å². The van der Waals surface area contributed by atoms with E-state index in [1.165, 1.54) is 7.11 Å². The Morgan fingerprint density at radius 2 is 1.85 bits per heavy atom. The number of likely N-dealkylation sites (N-methyl/N-ethyl adjacent to an activating group) is 1. The third-order valence-electron chi connectivity index (χ3n) is 5.02. The first-order valence-corrected chi connectivity index (χ1v) is 8.93. The summed E-state index contributed by atoms with van der Waals surface area (Å²) in [6.07, 6.45) is 3.94. The van der Waals surface area contributed by atoms with Crippen LogP contribution in [0.1, 0.15) is 44.6 Å². The topological polar surface area (TPSA) is 79.6 Å². The normalized spacial score (nSPS) is 16.8. The van der Waals surface area contributed by atoms with Gasteiger partial charge in [0.1, 0.15) is 11.3 Å². The SMILES string of the molecule is COC(=O)Cc1ccc(O[C@@H](C)C(=O)N(C)C2(C#N)CCCCC2)cc1. The molecular formula is C20H26N2O4. The third-order valence-corrected chi connectivity index (χ3v) is 5.02. The Balaban J connectivity index is 2.00. The minimum absolute atomic E-state index is 0.193. The lowest BCUT2D eigenvalue weighted by molar-refractivity contribution is -0.142. The van der Waals surface area contributed by atoms with E-state index in [2.05, 4.69) is 10.8 Å². The Hall–Kier alpha value is -2.55. The smallest absolute Gasteiger partial charge is 0.309 e. The van der Waals surface area contributed by atoms with Gasteiger partial charge < -0.3 is 14.4 Å². The Morgan fingerprint density at radius 1 is 1.23 bits per heavy atom. The van der Waals surface area contributed by atoms with Gasteiger partial charge in [-0.2, -0.15) is 5.26 Å². The molecule has 0 spiro atoms. The number of nitrogens with zero attached hydrogens (tertiary/aromatic N) is 2. The van der Waals surface area contributed by atoms with Gasteiger partial charge in [0, 0.05) is 7.05 Å². The van der Waals surface area contributed by atoms with Crippen LogP contribution >= 0.6 is 0 Å². The van der Waals surface area contributed by atoms with Gasteiger partial charge in [-0.15, -0.1) is 0 Å². The van der Waals surface area contributed by atoms with Crippen molar-refractivity contribution in [1.29, 1.82) is 5.26 Å². The average Bonchev–Trinajstić information content (AvgIpc) is 2.68. The molecule has 1 saturated carbocycles. The molecule has 0 aromatic heterocycles. The number of methoxy groups -OCH3 is 1. The van der Waals surface area contributed by atoms with Crippen LogP contribution in [0.5, 0.6) is 5.75 Å². The van der Waals surface area contributed by atoms with Crippen molar-refractivity contribution < 1.29 is 19.1 Å². The van der Waals surface area contributed by atoms with Gasteiger partial charge in [0.25, 0.3) is 5.91 Å². The molecule has 0 aliphatic heterocycles. The minimum Gasteiger partial charge on any atom is -0.481 e. The van der Waals surface area contributed by atoms with Crippen LogP contribution in [0.4, 0.5) is 0 Å². The molecule has 1 amide bonds. The highest BCUT2D eigenvalue weighted by molar-refractivity contribution is 5.82. The van der Waals surface area contributed by atoms with E-state index >= 15 is 0 Å². The molecule has 0 bridgehead atoms. The number of ether oxygens (including phenoxy) is 2. The molecule has 1 aromatic carbocycles. The predicted octanol–water partition coefficient (Wildman–Crippen LogP) is 2.85. The van der Waals surface area contributed by atoms with Crippen LogP contribution in [-0.4, -0.2) is 42.6 Å². The number of amides is 1. The maximum Gasteiger partial charge on any atom is 0.309 e. The molecule has 1 fully saturated rings. The van der Waals surface area contributed by atoms with Crippen LogP contribution in [0.15, 0.2) is 24.3 Å². The Morgan fingerprint density at radius 3 is 2.38 bits per heavy atom. The van der Waals surface area contributed by atoms with Crippen molar-refractivity contribution in [2.45, 2.75) is 57.1 Å². The zero-order valence-electron chi connectivity index (χ0n) is 15.7. The van der Waals surface area contributed by atoms with Gasteiger partial charge in [-0.25, -0.2) is 0 Å². The monoisotopic (exact) mass is 358 g/mol. The van der Waals surface area contributed by atoms with Crippen LogP contribution in [0.25, 0.3) is 0 Å². The fraction of sp³-hybridized carbons (Fsp3) is 0.550. The van der Waals surface area contributed by atoms with Gasteiger partial charge in [-0.1, -0.05) is 31.4 Å². The van der Waals surface area contributed by atoms with Crippen molar-refractivity contribution >= 4 is 11.9 Å². The number of nitriles is 1. The van der Waals surface area contributed by atoms with E-state index in [0.717, 1.165) is 24.8 Å². The number of benzene rings is 1. The van der Waals surface area contributed by atoms with Crippen LogP contribution in [-0.2, 0) is 20.7 Å². The number of esters is 1. The van der Waals surface area contributed by atoms with E-state index in [0.29, 0.717) is 18.6 Å². The molecule has 140 valence electrons. The van der Waals surface area contributed by atoms with Crippen LogP contribution in [0.2, 0.25) is 0 Å². The largest absolute Gasteiger partial charge is 0.481 e. The van der Waals surface area contributed by atoms with E-state index in [1.807, 2.05) is 0 Å². The second kappa shape index (κ2) is 8.70. The summed E-state index contributed by atoms with van der Waals surface area (Å²) in [5.74, 6) is 0.0349. The summed E-state index contributed by atoms with van der Waals surface area (Å²) >= 11 is 0. The molecule has 1 aliphatic carbocycles. The lowest BCUT2D eigenvalue weighted by atomic mass is 9.81. The van der Waals surface area contributed by atoms with Crippen molar-refractivity contribution in [3.63, 3.8) is 0 Å². The van der Waals surface area contributed by atoms with E-state index < -0.39 is 11.6 Å². The molecule has 26 heavy (non-hydrogen) atoms. The van der Waals surface area contributed by atoms with Crippen molar-refractivity contribution in [3.8, 4) is 11.8 Å². The van der Waals surface area contributed by atoms with Crippen molar-refractivity contribution in [2.75, 3.05) is 14.2 Å². The summed E-state index contributed by atoms with van der Waals surface area (Å²) in [4.78, 5) is 25.6. The molecule has 0 N–H and O–H groups in total. The molecule has 1 atom stereocenters. The molecule has 0 radical (unpaired) electrons. The minimum atomic E-state index is -0.725. The highest BCUT2D eigenvalue weighted by Crippen LogP contribution is 2.33. The van der Waals surface area contributed by atoms with Crippen LogP contribution in [0, 0.1) is 11.3 Å². The predicted molar refractivity (Wildman–Crippen MR) is 96.5 cm³/mol. The van der Waals surface area contributed by atoms with Crippen LogP contribution < -0.4 is 4.74 Å². The first-order valence-electron chi connectivity index (χ1n) is 8.93. The molecule has 0 heterocycles. The molecule has 2 rings (SSSR count). The van der Waals surface area contributed by atoms with Crippen molar-refractivity contribution in [3.05, 3.63) is 29.8 Å². The third kappa shape index (κ3) is 4.54.